The number of phenols is 1. The van der Waals surface area contributed by atoms with Crippen LogP contribution in [0.4, 0.5) is 0 Å². The van der Waals surface area contributed by atoms with E-state index in [2.05, 4.69) is 4.74 Å². The number of carbonyl (C=O) groups excluding carboxylic acids is 1. The topological polar surface area (TPSA) is 76.7 Å². The summed E-state index contributed by atoms with van der Waals surface area (Å²) in [6.07, 6.45) is 0. The van der Waals surface area contributed by atoms with Gasteiger partial charge < -0.3 is 14.3 Å². The van der Waals surface area contributed by atoms with E-state index in [1.165, 1.54) is 43.5 Å². The Balaban J connectivity index is 2.38. The summed E-state index contributed by atoms with van der Waals surface area (Å²) < 4.78 is 10.2. The zero-order valence-corrected chi connectivity index (χ0v) is 10.5. The van der Waals surface area contributed by atoms with Crippen molar-refractivity contribution in [3.8, 4) is 5.75 Å². The Hall–Kier alpha value is -2.82. The Kier molecular flexibility index (Phi) is 2.68. The van der Waals surface area contributed by atoms with Crippen molar-refractivity contribution >= 4 is 27.9 Å². The van der Waals surface area contributed by atoms with Crippen LogP contribution in [0.5, 0.6) is 5.75 Å². The molecule has 1 N–H and O–H groups in total. The van der Waals surface area contributed by atoms with Crippen LogP contribution >= 0.6 is 0 Å². The molecule has 0 saturated heterocycles. The number of aromatic hydroxyl groups is 1. The summed E-state index contributed by atoms with van der Waals surface area (Å²) in [7, 11) is 1.28. The molecule has 3 aromatic rings. The van der Waals surface area contributed by atoms with Gasteiger partial charge in [-0.3, -0.25) is 4.79 Å². The highest BCUT2D eigenvalue weighted by molar-refractivity contribution is 5.96. The van der Waals surface area contributed by atoms with Gasteiger partial charge in [0.2, 0.25) is 5.43 Å². The van der Waals surface area contributed by atoms with Crippen molar-refractivity contribution in [3.05, 3.63) is 52.2 Å². The van der Waals surface area contributed by atoms with Crippen molar-refractivity contribution in [2.45, 2.75) is 0 Å². The Labute approximate surface area is 113 Å². The lowest BCUT2D eigenvalue weighted by atomic mass is 10.1. The zero-order valence-electron chi connectivity index (χ0n) is 10.5. The van der Waals surface area contributed by atoms with Crippen LogP contribution in [0.2, 0.25) is 0 Å². The Morgan fingerprint density at radius 2 is 1.90 bits per heavy atom. The van der Waals surface area contributed by atoms with E-state index in [0.29, 0.717) is 21.9 Å². The molecular weight excluding hydrogens is 260 g/mol. The lowest BCUT2D eigenvalue weighted by Crippen LogP contribution is -2.05. The molecule has 20 heavy (non-hydrogen) atoms. The van der Waals surface area contributed by atoms with Crippen molar-refractivity contribution in [2.24, 2.45) is 0 Å². The fourth-order valence-electron chi connectivity index (χ4n) is 2.09. The summed E-state index contributed by atoms with van der Waals surface area (Å²) >= 11 is 0. The quantitative estimate of drug-likeness (QED) is 0.543. The average molecular weight is 270 g/mol. The molecule has 0 saturated carbocycles. The van der Waals surface area contributed by atoms with E-state index in [0.717, 1.165) is 0 Å². The predicted molar refractivity (Wildman–Crippen MR) is 73.0 cm³/mol. The van der Waals surface area contributed by atoms with E-state index in [4.69, 9.17) is 4.42 Å². The van der Waals surface area contributed by atoms with Gasteiger partial charge in [0.05, 0.1) is 23.4 Å². The van der Waals surface area contributed by atoms with E-state index < -0.39 is 5.97 Å². The van der Waals surface area contributed by atoms with Crippen molar-refractivity contribution in [2.75, 3.05) is 7.11 Å². The second kappa shape index (κ2) is 4.38. The summed E-state index contributed by atoms with van der Waals surface area (Å²) in [5.41, 5.74) is 0.673. The smallest absolute Gasteiger partial charge is 0.337 e. The fourth-order valence-corrected chi connectivity index (χ4v) is 2.09. The fraction of sp³-hybridized carbons (Fsp3) is 0.0667. The predicted octanol–water partition coefficient (Wildman–Crippen LogP) is 2.44. The number of hydrogen-bond acceptors (Lipinski definition) is 5. The summed E-state index contributed by atoms with van der Waals surface area (Å²) in [6.45, 7) is 0. The van der Waals surface area contributed by atoms with Crippen molar-refractivity contribution < 1.29 is 19.1 Å². The highest BCUT2D eigenvalue weighted by Crippen LogP contribution is 2.22. The molecule has 0 unspecified atom stereocenters. The molecule has 0 fully saturated rings. The minimum Gasteiger partial charge on any atom is -0.508 e. The molecule has 0 atom stereocenters. The third-order valence-electron chi connectivity index (χ3n) is 3.08. The number of rotatable bonds is 1. The maximum Gasteiger partial charge on any atom is 0.337 e. The second-order valence-electron chi connectivity index (χ2n) is 4.31. The zero-order chi connectivity index (χ0) is 14.3. The number of methoxy groups -OCH3 is 1. The van der Waals surface area contributed by atoms with Crippen LogP contribution in [0.3, 0.4) is 0 Å². The minimum atomic E-state index is -0.517. The molecule has 0 aliphatic heterocycles. The molecule has 1 aromatic heterocycles. The van der Waals surface area contributed by atoms with Crippen molar-refractivity contribution in [3.63, 3.8) is 0 Å². The Morgan fingerprint density at radius 1 is 1.10 bits per heavy atom. The standard InChI is InChI=1S/C15H10O5/c1-19-15(18)8-2-5-12-11(6-8)14(17)10-4-3-9(16)7-13(10)20-12/h2-7,16H,1H3. The van der Waals surface area contributed by atoms with E-state index in [1.807, 2.05) is 0 Å². The summed E-state index contributed by atoms with van der Waals surface area (Å²) in [4.78, 5) is 23.9. The number of phenolic OH excluding ortho intramolecular Hbond substituents is 1. The Bertz CT molecular complexity index is 892. The van der Waals surface area contributed by atoms with Crippen LogP contribution in [0.15, 0.2) is 45.6 Å². The van der Waals surface area contributed by atoms with Gasteiger partial charge in [0.15, 0.2) is 0 Å². The third-order valence-corrected chi connectivity index (χ3v) is 3.08. The third kappa shape index (κ3) is 1.80. The molecule has 100 valence electrons. The molecule has 5 heteroatoms. The van der Waals surface area contributed by atoms with Crippen LogP contribution in [0, 0.1) is 0 Å². The summed E-state index contributed by atoms with van der Waals surface area (Å²) in [6, 6.07) is 8.78. The number of fused-ring (bicyclic) bond motifs is 2. The second-order valence-corrected chi connectivity index (χ2v) is 4.31. The molecular formula is C15H10O5. The van der Waals surface area contributed by atoms with Crippen LogP contribution < -0.4 is 5.43 Å². The number of benzene rings is 2. The van der Waals surface area contributed by atoms with Crippen LogP contribution in [0.1, 0.15) is 10.4 Å². The first-order valence-electron chi connectivity index (χ1n) is 5.88. The summed E-state index contributed by atoms with van der Waals surface area (Å²) in [5, 5.41) is 10.1. The molecule has 0 radical (unpaired) electrons. The molecule has 0 spiro atoms. The van der Waals surface area contributed by atoms with Gasteiger partial charge >= 0.3 is 5.97 Å². The number of carbonyl (C=O) groups is 1. The van der Waals surface area contributed by atoms with Crippen molar-refractivity contribution in [1.29, 1.82) is 0 Å². The number of esters is 1. The lowest BCUT2D eigenvalue weighted by molar-refractivity contribution is 0.0601. The normalized spacial score (nSPS) is 10.8. The first kappa shape index (κ1) is 12.2. The SMILES string of the molecule is COC(=O)c1ccc2oc3cc(O)ccc3c(=O)c2c1. The van der Waals surface area contributed by atoms with Crippen molar-refractivity contribution in [1.82, 2.24) is 0 Å². The molecule has 0 aliphatic carbocycles. The maximum atomic E-state index is 12.4. The number of ether oxygens (including phenoxy) is 1. The minimum absolute atomic E-state index is 0.0196. The highest BCUT2D eigenvalue weighted by atomic mass is 16.5. The summed E-state index contributed by atoms with van der Waals surface area (Å²) in [5.74, 6) is -0.497. The van der Waals surface area contributed by atoms with Gasteiger partial charge in [0.1, 0.15) is 16.9 Å². The number of hydrogen-bond donors (Lipinski definition) is 1. The van der Waals surface area contributed by atoms with Crippen LogP contribution in [0.25, 0.3) is 21.9 Å². The van der Waals surface area contributed by atoms with Gasteiger partial charge in [-0.25, -0.2) is 4.79 Å². The van der Waals surface area contributed by atoms with E-state index >= 15 is 0 Å². The van der Waals surface area contributed by atoms with Crippen LogP contribution in [-0.2, 0) is 4.74 Å². The van der Waals surface area contributed by atoms with Gasteiger partial charge in [-0.2, -0.15) is 0 Å². The lowest BCUT2D eigenvalue weighted by Gasteiger charge is -2.04. The molecule has 5 nitrogen and oxygen atoms in total. The molecule has 2 aromatic carbocycles. The van der Waals surface area contributed by atoms with E-state index in [1.54, 1.807) is 0 Å². The molecule has 0 aliphatic rings. The van der Waals surface area contributed by atoms with Gasteiger partial charge in [-0.15, -0.1) is 0 Å². The monoisotopic (exact) mass is 270 g/mol. The van der Waals surface area contributed by atoms with Gasteiger partial charge in [-0.1, -0.05) is 0 Å². The molecule has 1 heterocycles. The maximum absolute atomic E-state index is 12.4. The highest BCUT2D eigenvalue weighted by Gasteiger charge is 2.12. The van der Waals surface area contributed by atoms with Gasteiger partial charge in [0, 0.05) is 6.07 Å². The van der Waals surface area contributed by atoms with Crippen LogP contribution in [-0.4, -0.2) is 18.2 Å². The molecule has 0 bridgehead atoms. The Morgan fingerprint density at radius 3 is 2.65 bits per heavy atom. The molecule has 3 rings (SSSR count). The first-order valence-corrected chi connectivity index (χ1v) is 5.88. The first-order chi connectivity index (χ1) is 9.60. The van der Waals surface area contributed by atoms with Gasteiger partial charge in [-0.05, 0) is 30.3 Å². The van der Waals surface area contributed by atoms with E-state index in [-0.39, 0.29) is 16.7 Å². The average Bonchev–Trinajstić information content (AvgIpc) is 2.46. The van der Waals surface area contributed by atoms with E-state index in [9.17, 15) is 14.7 Å². The largest absolute Gasteiger partial charge is 0.508 e. The van der Waals surface area contributed by atoms with Gasteiger partial charge in [0.25, 0.3) is 0 Å². The molecule has 0 amide bonds.